The molecule has 174 valence electrons. The molecule has 34 heavy (non-hydrogen) atoms. The number of thiophene rings is 1. The minimum atomic E-state index is -0.591. The predicted molar refractivity (Wildman–Crippen MR) is 130 cm³/mol. The number of hydrogen-bond acceptors (Lipinski definition) is 7. The lowest BCUT2D eigenvalue weighted by Crippen LogP contribution is -2.23. The largest absolute Gasteiger partial charge is 0.462 e. The first-order valence-electron chi connectivity index (χ1n) is 10.4. The summed E-state index contributed by atoms with van der Waals surface area (Å²) in [4.78, 5) is 41.6. The number of aromatic nitrogens is 2. The topological polar surface area (TPSA) is 99.5 Å². The average molecular weight is 498 g/mol. The van der Waals surface area contributed by atoms with Crippen molar-refractivity contribution in [1.29, 1.82) is 0 Å². The molecule has 0 saturated carbocycles. The number of ether oxygens (including phenoxy) is 2. The zero-order chi connectivity index (χ0) is 24.1. The standard InChI is InChI=1S/C24H20ClN3O5S/c1-2-32-24(31)22-16(15-7-3-4-8-17(15)25)13-34-23(22)27-20(29)12-33-21(30)11-28-14-26-18-9-5-6-10-19(18)28/h3-10,13-14H,2,11-12H2,1H3,(H,27,29). The molecule has 10 heteroatoms. The number of fused-ring (bicyclic) bond motifs is 1. The van der Waals surface area contributed by atoms with Gasteiger partial charge in [-0.05, 0) is 25.1 Å². The second-order valence-electron chi connectivity index (χ2n) is 7.12. The highest BCUT2D eigenvalue weighted by atomic mass is 35.5. The Labute approximate surface area is 204 Å². The number of para-hydroxylation sites is 2. The maximum Gasteiger partial charge on any atom is 0.341 e. The number of imidazole rings is 1. The Kier molecular flexibility index (Phi) is 7.24. The molecular weight excluding hydrogens is 478 g/mol. The highest BCUT2D eigenvalue weighted by Gasteiger charge is 2.24. The first-order valence-corrected chi connectivity index (χ1v) is 11.6. The smallest absolute Gasteiger partial charge is 0.341 e. The average Bonchev–Trinajstić information content (AvgIpc) is 3.42. The number of carbonyl (C=O) groups is 3. The Hall–Kier alpha value is -3.69. The van der Waals surface area contributed by atoms with Gasteiger partial charge < -0.3 is 19.4 Å². The maximum atomic E-state index is 12.7. The summed E-state index contributed by atoms with van der Waals surface area (Å²) in [6, 6.07) is 14.5. The zero-order valence-corrected chi connectivity index (χ0v) is 19.7. The van der Waals surface area contributed by atoms with E-state index in [1.165, 1.54) is 0 Å². The van der Waals surface area contributed by atoms with Crippen molar-refractivity contribution in [2.45, 2.75) is 13.5 Å². The van der Waals surface area contributed by atoms with Crippen LogP contribution in [0.4, 0.5) is 5.00 Å². The molecule has 0 fully saturated rings. The van der Waals surface area contributed by atoms with Crippen molar-refractivity contribution in [3.8, 4) is 11.1 Å². The lowest BCUT2D eigenvalue weighted by Gasteiger charge is -2.10. The van der Waals surface area contributed by atoms with Crippen LogP contribution in [0.1, 0.15) is 17.3 Å². The van der Waals surface area contributed by atoms with Crippen LogP contribution < -0.4 is 5.32 Å². The number of halogens is 1. The fourth-order valence-corrected chi connectivity index (χ4v) is 4.57. The van der Waals surface area contributed by atoms with E-state index >= 15 is 0 Å². The number of hydrogen-bond donors (Lipinski definition) is 1. The van der Waals surface area contributed by atoms with Crippen LogP contribution in [0.5, 0.6) is 0 Å². The summed E-state index contributed by atoms with van der Waals surface area (Å²) >= 11 is 7.47. The van der Waals surface area contributed by atoms with Crippen LogP contribution in [0, 0.1) is 0 Å². The molecule has 4 aromatic rings. The number of carbonyl (C=O) groups excluding carboxylic acids is 3. The number of esters is 2. The zero-order valence-electron chi connectivity index (χ0n) is 18.1. The molecule has 0 saturated heterocycles. The molecule has 0 spiro atoms. The summed E-state index contributed by atoms with van der Waals surface area (Å²) in [6.07, 6.45) is 1.54. The Bertz CT molecular complexity index is 1360. The van der Waals surface area contributed by atoms with Crippen molar-refractivity contribution in [3.63, 3.8) is 0 Å². The Balaban J connectivity index is 1.44. The molecule has 2 aromatic heterocycles. The van der Waals surface area contributed by atoms with Crippen LogP contribution in [-0.2, 0) is 25.6 Å². The van der Waals surface area contributed by atoms with Crippen molar-refractivity contribution in [1.82, 2.24) is 9.55 Å². The molecule has 0 radical (unpaired) electrons. The van der Waals surface area contributed by atoms with Crippen molar-refractivity contribution < 1.29 is 23.9 Å². The molecule has 0 aliphatic rings. The van der Waals surface area contributed by atoms with E-state index in [4.69, 9.17) is 21.1 Å². The maximum absolute atomic E-state index is 12.7. The normalized spacial score (nSPS) is 10.8. The van der Waals surface area contributed by atoms with Crippen molar-refractivity contribution >= 4 is 56.8 Å². The number of rotatable bonds is 8. The van der Waals surface area contributed by atoms with E-state index in [1.54, 1.807) is 47.5 Å². The fraction of sp³-hybridized carbons (Fsp3) is 0.167. The fourth-order valence-electron chi connectivity index (χ4n) is 3.36. The van der Waals surface area contributed by atoms with Gasteiger partial charge in [-0.15, -0.1) is 11.3 Å². The van der Waals surface area contributed by atoms with Crippen LogP contribution in [0.25, 0.3) is 22.2 Å². The van der Waals surface area contributed by atoms with Crippen molar-refractivity contribution in [3.05, 3.63) is 70.8 Å². The second-order valence-corrected chi connectivity index (χ2v) is 8.41. The molecule has 1 N–H and O–H groups in total. The van der Waals surface area contributed by atoms with Gasteiger partial charge in [-0.1, -0.05) is 41.9 Å². The van der Waals surface area contributed by atoms with E-state index in [-0.39, 0.29) is 23.7 Å². The molecule has 4 rings (SSSR count). The minimum Gasteiger partial charge on any atom is -0.462 e. The molecule has 2 heterocycles. The molecule has 0 aliphatic heterocycles. The number of nitrogens with zero attached hydrogens (tertiary/aromatic N) is 2. The van der Waals surface area contributed by atoms with Gasteiger partial charge in [0.15, 0.2) is 6.61 Å². The number of anilines is 1. The third-order valence-electron chi connectivity index (χ3n) is 4.88. The summed E-state index contributed by atoms with van der Waals surface area (Å²) in [5.41, 5.74) is 2.93. The predicted octanol–water partition coefficient (Wildman–Crippen LogP) is 4.78. The Morgan fingerprint density at radius 2 is 1.82 bits per heavy atom. The van der Waals surface area contributed by atoms with Crippen molar-refractivity contribution in [2.75, 3.05) is 18.5 Å². The van der Waals surface area contributed by atoms with E-state index in [2.05, 4.69) is 10.3 Å². The van der Waals surface area contributed by atoms with Gasteiger partial charge in [-0.3, -0.25) is 9.59 Å². The van der Waals surface area contributed by atoms with Gasteiger partial charge in [-0.2, -0.15) is 0 Å². The molecule has 0 unspecified atom stereocenters. The van der Waals surface area contributed by atoms with E-state index in [9.17, 15) is 14.4 Å². The molecule has 2 aromatic carbocycles. The highest BCUT2D eigenvalue weighted by molar-refractivity contribution is 7.15. The van der Waals surface area contributed by atoms with Crippen LogP contribution in [-0.4, -0.2) is 40.6 Å². The monoisotopic (exact) mass is 497 g/mol. The van der Waals surface area contributed by atoms with Gasteiger partial charge in [0, 0.05) is 21.5 Å². The van der Waals surface area contributed by atoms with Crippen LogP contribution in [0.15, 0.2) is 60.2 Å². The van der Waals surface area contributed by atoms with Gasteiger partial charge >= 0.3 is 11.9 Å². The number of benzene rings is 2. The summed E-state index contributed by atoms with van der Waals surface area (Å²) in [5, 5.41) is 5.11. The second kappa shape index (κ2) is 10.5. The minimum absolute atomic E-state index is 0.0858. The van der Waals surface area contributed by atoms with Crippen LogP contribution in [0.3, 0.4) is 0 Å². The molecule has 0 atom stereocenters. The van der Waals surface area contributed by atoms with Gasteiger partial charge in [0.1, 0.15) is 17.1 Å². The van der Waals surface area contributed by atoms with Crippen LogP contribution >= 0.6 is 22.9 Å². The van der Waals surface area contributed by atoms with E-state index in [0.29, 0.717) is 16.1 Å². The number of amides is 1. The van der Waals surface area contributed by atoms with E-state index < -0.39 is 24.5 Å². The third-order valence-corrected chi connectivity index (χ3v) is 6.10. The summed E-state index contributed by atoms with van der Waals surface area (Å²) in [5.74, 6) is -1.76. The summed E-state index contributed by atoms with van der Waals surface area (Å²) in [6.45, 7) is 1.27. The number of nitrogens with one attached hydrogen (secondary N) is 1. The van der Waals surface area contributed by atoms with Crippen LogP contribution in [0.2, 0.25) is 5.02 Å². The van der Waals surface area contributed by atoms with Gasteiger partial charge in [0.25, 0.3) is 5.91 Å². The highest BCUT2D eigenvalue weighted by Crippen LogP contribution is 2.39. The molecule has 1 amide bonds. The first kappa shape index (κ1) is 23.5. The SMILES string of the molecule is CCOC(=O)c1c(-c2ccccc2Cl)csc1NC(=O)COC(=O)Cn1cnc2ccccc21. The lowest BCUT2D eigenvalue weighted by atomic mass is 10.0. The summed E-state index contributed by atoms with van der Waals surface area (Å²) < 4.78 is 11.9. The van der Waals surface area contributed by atoms with Crippen molar-refractivity contribution in [2.24, 2.45) is 0 Å². The van der Waals surface area contributed by atoms with Gasteiger partial charge in [0.2, 0.25) is 0 Å². The molecular formula is C24H20ClN3O5S. The third kappa shape index (κ3) is 5.11. The van der Waals surface area contributed by atoms with Gasteiger partial charge in [-0.25, -0.2) is 9.78 Å². The first-order chi connectivity index (χ1) is 16.5. The molecule has 0 aliphatic carbocycles. The van der Waals surface area contributed by atoms with E-state index in [0.717, 1.165) is 22.4 Å². The van der Waals surface area contributed by atoms with E-state index in [1.807, 2.05) is 24.3 Å². The lowest BCUT2D eigenvalue weighted by molar-refractivity contribution is -0.147. The molecule has 0 bridgehead atoms. The quantitative estimate of drug-likeness (QED) is 0.352. The van der Waals surface area contributed by atoms with Gasteiger partial charge in [0.05, 0.1) is 24.0 Å². The molecule has 8 nitrogen and oxygen atoms in total. The Morgan fingerprint density at radius 3 is 2.62 bits per heavy atom. The summed E-state index contributed by atoms with van der Waals surface area (Å²) in [7, 11) is 0. The Morgan fingerprint density at radius 1 is 1.06 bits per heavy atom.